The van der Waals surface area contributed by atoms with Crippen molar-refractivity contribution in [1.82, 2.24) is 10.6 Å². The van der Waals surface area contributed by atoms with Gasteiger partial charge >= 0.3 is 0 Å². The van der Waals surface area contributed by atoms with Crippen molar-refractivity contribution in [2.75, 3.05) is 19.6 Å². The largest absolute Gasteiger partial charge is 0.357 e. The highest BCUT2D eigenvalue weighted by Gasteiger charge is 2.06. The van der Waals surface area contributed by atoms with Crippen molar-refractivity contribution in [3.8, 4) is 0 Å². The highest BCUT2D eigenvalue weighted by atomic mass is 127. The third-order valence-electron chi connectivity index (χ3n) is 2.74. The maximum absolute atomic E-state index is 4.64. The van der Waals surface area contributed by atoms with Crippen LogP contribution in [0.15, 0.2) is 34.7 Å². The van der Waals surface area contributed by atoms with E-state index in [1.807, 2.05) is 6.92 Å². The Bertz CT molecular complexity index is 388. The fourth-order valence-corrected chi connectivity index (χ4v) is 2.45. The van der Waals surface area contributed by atoms with Crippen molar-refractivity contribution in [3.05, 3.63) is 34.5 Å². The molecule has 1 rings (SSSR count). The van der Waals surface area contributed by atoms with Gasteiger partial charge in [0.1, 0.15) is 0 Å². The van der Waals surface area contributed by atoms with Gasteiger partial charge in [-0.3, -0.25) is 4.99 Å². The van der Waals surface area contributed by atoms with Gasteiger partial charge in [0.25, 0.3) is 0 Å². The molecule has 0 aliphatic rings. The zero-order chi connectivity index (χ0) is 13.9. The van der Waals surface area contributed by atoms with Crippen molar-refractivity contribution in [3.63, 3.8) is 0 Å². The predicted molar refractivity (Wildman–Crippen MR) is 102 cm³/mol. The summed E-state index contributed by atoms with van der Waals surface area (Å²) in [5, 5.41) is 8.75. The molecule has 0 radical (unpaired) electrons. The van der Waals surface area contributed by atoms with Gasteiger partial charge in [0.05, 0.1) is 6.54 Å². The first-order chi connectivity index (χ1) is 9.27. The third-order valence-corrected chi connectivity index (χ3v) is 3.84. The molecule has 1 aromatic heterocycles. The van der Waals surface area contributed by atoms with E-state index >= 15 is 0 Å². The molecule has 3 nitrogen and oxygen atoms in total. The van der Waals surface area contributed by atoms with Gasteiger partial charge in [-0.2, -0.15) is 0 Å². The topological polar surface area (TPSA) is 36.4 Å². The smallest absolute Gasteiger partial charge is 0.191 e. The molecule has 1 atom stereocenters. The molecule has 1 heterocycles. The molecule has 5 heteroatoms. The van der Waals surface area contributed by atoms with Crippen molar-refractivity contribution in [2.24, 2.45) is 4.99 Å². The Labute approximate surface area is 144 Å². The molecule has 2 N–H and O–H groups in total. The van der Waals surface area contributed by atoms with Crippen molar-refractivity contribution in [1.29, 1.82) is 0 Å². The van der Waals surface area contributed by atoms with E-state index in [1.165, 1.54) is 4.88 Å². The summed E-state index contributed by atoms with van der Waals surface area (Å²) < 4.78 is 0. The highest BCUT2D eigenvalue weighted by Crippen LogP contribution is 2.20. The summed E-state index contributed by atoms with van der Waals surface area (Å²) in [6.07, 6.45) is 5.26. The number of aliphatic imine (C=N–C) groups is 1. The number of guanidine groups is 1. The monoisotopic (exact) mass is 407 g/mol. The van der Waals surface area contributed by atoms with E-state index in [-0.39, 0.29) is 24.0 Å². The number of nitrogens with one attached hydrogen (secondary N) is 2. The zero-order valence-corrected chi connectivity index (χ0v) is 15.7. The number of rotatable bonds is 7. The van der Waals surface area contributed by atoms with E-state index in [1.54, 1.807) is 11.3 Å². The molecule has 0 bridgehead atoms. The maximum Gasteiger partial charge on any atom is 0.191 e. The van der Waals surface area contributed by atoms with E-state index in [2.05, 4.69) is 59.1 Å². The Morgan fingerprint density at radius 3 is 2.85 bits per heavy atom. The van der Waals surface area contributed by atoms with Gasteiger partial charge in [-0.05, 0) is 31.7 Å². The van der Waals surface area contributed by atoms with Gasteiger partial charge < -0.3 is 10.6 Å². The molecule has 114 valence electrons. The molecule has 0 aromatic carbocycles. The second-order valence-corrected chi connectivity index (χ2v) is 5.40. The molecule has 0 aliphatic carbocycles. The zero-order valence-electron chi connectivity index (χ0n) is 12.6. The molecule has 0 saturated heterocycles. The van der Waals surface area contributed by atoms with E-state index < -0.39 is 0 Å². The summed E-state index contributed by atoms with van der Waals surface area (Å²) in [4.78, 5) is 6.04. The second kappa shape index (κ2) is 12.2. The Morgan fingerprint density at radius 1 is 1.45 bits per heavy atom. The van der Waals surface area contributed by atoms with Crippen LogP contribution in [0.1, 0.15) is 38.0 Å². The summed E-state index contributed by atoms with van der Waals surface area (Å²) in [6.45, 7) is 8.98. The summed E-state index contributed by atoms with van der Waals surface area (Å²) in [7, 11) is 0. The van der Waals surface area contributed by atoms with Crippen LogP contribution in [0.2, 0.25) is 0 Å². The lowest BCUT2D eigenvalue weighted by Crippen LogP contribution is -2.37. The molecule has 1 aromatic rings. The van der Waals surface area contributed by atoms with Crippen molar-refractivity contribution in [2.45, 2.75) is 33.1 Å². The predicted octanol–water partition coefficient (Wildman–Crippen LogP) is 3.99. The summed E-state index contributed by atoms with van der Waals surface area (Å²) in [5.74, 6) is 1.39. The SMILES string of the molecule is C/C=C/CCNC(=NCC(C)c1cccs1)NCC.I. The van der Waals surface area contributed by atoms with Crippen LogP contribution in [-0.2, 0) is 0 Å². The molecule has 20 heavy (non-hydrogen) atoms. The minimum atomic E-state index is 0. The van der Waals surface area contributed by atoms with Crippen LogP contribution in [-0.4, -0.2) is 25.6 Å². The van der Waals surface area contributed by atoms with Crippen LogP contribution in [0.3, 0.4) is 0 Å². The fourth-order valence-electron chi connectivity index (χ4n) is 1.67. The van der Waals surface area contributed by atoms with Gasteiger partial charge in [0.15, 0.2) is 5.96 Å². The van der Waals surface area contributed by atoms with E-state index in [9.17, 15) is 0 Å². The first-order valence-corrected chi connectivity index (χ1v) is 7.82. The molecule has 0 amide bonds. The number of hydrogen-bond donors (Lipinski definition) is 2. The Morgan fingerprint density at radius 2 is 2.25 bits per heavy atom. The van der Waals surface area contributed by atoms with Crippen LogP contribution in [0.5, 0.6) is 0 Å². The fraction of sp³-hybridized carbons (Fsp3) is 0.533. The van der Waals surface area contributed by atoms with Gasteiger partial charge in [0, 0.05) is 23.9 Å². The lowest BCUT2D eigenvalue weighted by molar-refractivity contribution is 0.758. The molecular formula is C15H26IN3S. The minimum absolute atomic E-state index is 0. The van der Waals surface area contributed by atoms with Gasteiger partial charge in [-0.25, -0.2) is 0 Å². The van der Waals surface area contributed by atoms with Crippen LogP contribution < -0.4 is 10.6 Å². The summed E-state index contributed by atoms with van der Waals surface area (Å²) in [5.41, 5.74) is 0. The number of hydrogen-bond acceptors (Lipinski definition) is 2. The summed E-state index contributed by atoms with van der Waals surface area (Å²) >= 11 is 1.80. The number of nitrogens with zero attached hydrogens (tertiary/aromatic N) is 1. The van der Waals surface area contributed by atoms with E-state index in [0.29, 0.717) is 5.92 Å². The van der Waals surface area contributed by atoms with Crippen LogP contribution in [0.25, 0.3) is 0 Å². The lowest BCUT2D eigenvalue weighted by atomic mass is 10.1. The Kier molecular flexibility index (Phi) is 11.9. The number of thiophene rings is 1. The minimum Gasteiger partial charge on any atom is -0.357 e. The quantitative estimate of drug-likeness (QED) is 0.236. The molecule has 0 aliphatic heterocycles. The maximum atomic E-state index is 4.64. The lowest BCUT2D eigenvalue weighted by Gasteiger charge is -2.12. The molecule has 0 fully saturated rings. The Balaban J connectivity index is 0.00000361. The average molecular weight is 407 g/mol. The van der Waals surface area contributed by atoms with Crippen LogP contribution >= 0.6 is 35.3 Å². The van der Waals surface area contributed by atoms with E-state index in [0.717, 1.165) is 32.0 Å². The molecular weight excluding hydrogens is 381 g/mol. The molecule has 0 spiro atoms. The second-order valence-electron chi connectivity index (χ2n) is 4.42. The standard InChI is InChI=1S/C15H25N3S.HI/c1-4-6-7-10-17-15(16-5-2)18-12-13(3)14-9-8-11-19-14;/h4,6,8-9,11,13H,5,7,10,12H2,1-3H3,(H2,16,17,18);1H/b6-4+;. The first-order valence-electron chi connectivity index (χ1n) is 6.94. The number of halogens is 1. The van der Waals surface area contributed by atoms with Crippen LogP contribution in [0.4, 0.5) is 0 Å². The summed E-state index contributed by atoms with van der Waals surface area (Å²) in [6, 6.07) is 4.28. The van der Waals surface area contributed by atoms with E-state index in [4.69, 9.17) is 0 Å². The van der Waals surface area contributed by atoms with Gasteiger partial charge in [-0.1, -0.05) is 25.1 Å². The average Bonchev–Trinajstić information content (AvgIpc) is 2.94. The van der Waals surface area contributed by atoms with Crippen molar-refractivity contribution < 1.29 is 0 Å². The van der Waals surface area contributed by atoms with Gasteiger partial charge in [0.2, 0.25) is 0 Å². The Hall–Kier alpha value is -0.560. The first kappa shape index (κ1) is 19.4. The highest BCUT2D eigenvalue weighted by molar-refractivity contribution is 14.0. The van der Waals surface area contributed by atoms with Crippen molar-refractivity contribution >= 4 is 41.3 Å². The van der Waals surface area contributed by atoms with Crippen LogP contribution in [0, 0.1) is 0 Å². The number of allylic oxidation sites excluding steroid dienone is 1. The molecule has 0 saturated carbocycles. The van der Waals surface area contributed by atoms with Gasteiger partial charge in [-0.15, -0.1) is 35.3 Å². The normalized spacial score (nSPS) is 13.1. The molecule has 1 unspecified atom stereocenters. The third kappa shape index (κ3) is 7.89.